The molecular formula is C22H27N3O5S. The SMILES string of the molecule is CCOC(=O)N1C[C@H](C)N(C(C)=O)c2ccc(-c3cccc(NS(=O)(=O)CC)c3)cc21. The lowest BCUT2D eigenvalue weighted by atomic mass is 10.0. The van der Waals surface area contributed by atoms with Crippen molar-refractivity contribution in [2.45, 2.75) is 33.7 Å². The largest absolute Gasteiger partial charge is 0.449 e. The number of nitrogens with zero attached hydrogens (tertiary/aromatic N) is 2. The van der Waals surface area contributed by atoms with E-state index in [0.29, 0.717) is 23.6 Å². The van der Waals surface area contributed by atoms with Gasteiger partial charge in [-0.2, -0.15) is 0 Å². The van der Waals surface area contributed by atoms with Crippen LogP contribution in [0.4, 0.5) is 21.9 Å². The maximum Gasteiger partial charge on any atom is 0.414 e. The van der Waals surface area contributed by atoms with E-state index in [9.17, 15) is 18.0 Å². The van der Waals surface area contributed by atoms with Crippen LogP contribution in [-0.4, -0.2) is 45.4 Å². The van der Waals surface area contributed by atoms with E-state index in [1.165, 1.54) is 11.8 Å². The first kappa shape index (κ1) is 22.6. The summed E-state index contributed by atoms with van der Waals surface area (Å²) in [6.07, 6.45) is -0.472. The number of hydrogen-bond donors (Lipinski definition) is 1. The molecule has 0 bridgehead atoms. The fraction of sp³-hybridized carbons (Fsp3) is 0.364. The van der Waals surface area contributed by atoms with Gasteiger partial charge in [-0.25, -0.2) is 13.2 Å². The molecule has 2 aromatic carbocycles. The van der Waals surface area contributed by atoms with Gasteiger partial charge in [0.25, 0.3) is 0 Å². The van der Waals surface area contributed by atoms with E-state index in [1.54, 1.807) is 43.0 Å². The number of anilines is 3. The van der Waals surface area contributed by atoms with Gasteiger partial charge in [-0.05, 0) is 56.2 Å². The van der Waals surface area contributed by atoms with Gasteiger partial charge in [0.2, 0.25) is 15.9 Å². The molecule has 0 radical (unpaired) electrons. The highest BCUT2D eigenvalue weighted by molar-refractivity contribution is 7.92. The van der Waals surface area contributed by atoms with Crippen LogP contribution in [0.5, 0.6) is 0 Å². The van der Waals surface area contributed by atoms with Gasteiger partial charge < -0.3 is 9.64 Å². The Hall–Kier alpha value is -3.07. The quantitative estimate of drug-likeness (QED) is 0.755. The highest BCUT2D eigenvalue weighted by Crippen LogP contribution is 2.39. The second kappa shape index (κ2) is 8.97. The van der Waals surface area contributed by atoms with E-state index in [4.69, 9.17) is 4.74 Å². The van der Waals surface area contributed by atoms with E-state index < -0.39 is 16.1 Å². The summed E-state index contributed by atoms with van der Waals surface area (Å²) >= 11 is 0. The summed E-state index contributed by atoms with van der Waals surface area (Å²) in [6, 6.07) is 12.3. The summed E-state index contributed by atoms with van der Waals surface area (Å²) in [7, 11) is -3.40. The van der Waals surface area contributed by atoms with Crippen LogP contribution in [0, 0.1) is 0 Å². The number of nitrogens with one attached hydrogen (secondary N) is 1. The van der Waals surface area contributed by atoms with E-state index in [0.717, 1.165) is 11.1 Å². The molecule has 9 heteroatoms. The molecular weight excluding hydrogens is 418 g/mol. The molecule has 1 aliphatic heterocycles. The van der Waals surface area contributed by atoms with Crippen LogP contribution in [0.3, 0.4) is 0 Å². The monoisotopic (exact) mass is 445 g/mol. The molecule has 0 saturated heterocycles. The van der Waals surface area contributed by atoms with Gasteiger partial charge in [0.15, 0.2) is 0 Å². The van der Waals surface area contributed by atoms with Crippen molar-refractivity contribution >= 4 is 39.1 Å². The average molecular weight is 446 g/mol. The van der Waals surface area contributed by atoms with Gasteiger partial charge >= 0.3 is 6.09 Å². The fourth-order valence-corrected chi connectivity index (χ4v) is 4.30. The molecule has 0 fully saturated rings. The van der Waals surface area contributed by atoms with Crippen molar-refractivity contribution in [3.63, 3.8) is 0 Å². The molecule has 1 N–H and O–H groups in total. The summed E-state index contributed by atoms with van der Waals surface area (Å²) in [5.74, 6) is -0.134. The highest BCUT2D eigenvalue weighted by atomic mass is 32.2. The minimum Gasteiger partial charge on any atom is -0.449 e. The number of rotatable bonds is 5. The lowest BCUT2D eigenvalue weighted by Gasteiger charge is -2.40. The first-order valence-electron chi connectivity index (χ1n) is 10.2. The number of carbonyl (C=O) groups is 2. The summed E-state index contributed by atoms with van der Waals surface area (Å²) in [4.78, 5) is 28.1. The Balaban J connectivity index is 2.07. The number of amides is 2. The Bertz CT molecular complexity index is 1100. The van der Waals surface area contributed by atoms with Gasteiger partial charge in [0, 0.05) is 19.2 Å². The van der Waals surface area contributed by atoms with Crippen LogP contribution in [-0.2, 0) is 19.6 Å². The Kier molecular flexibility index (Phi) is 6.54. The Morgan fingerprint density at radius 1 is 1.10 bits per heavy atom. The van der Waals surface area contributed by atoms with E-state index in [-0.39, 0.29) is 24.3 Å². The van der Waals surface area contributed by atoms with Crippen LogP contribution in [0.15, 0.2) is 42.5 Å². The molecule has 1 atom stereocenters. The van der Waals surface area contributed by atoms with Crippen molar-refractivity contribution in [1.29, 1.82) is 0 Å². The third kappa shape index (κ3) is 4.82. The van der Waals surface area contributed by atoms with Gasteiger partial charge in [-0.1, -0.05) is 18.2 Å². The molecule has 2 aromatic rings. The molecule has 0 spiro atoms. The van der Waals surface area contributed by atoms with E-state index in [2.05, 4.69) is 4.72 Å². The predicted octanol–water partition coefficient (Wildman–Crippen LogP) is 3.83. The first-order chi connectivity index (χ1) is 14.7. The molecule has 166 valence electrons. The minimum absolute atomic E-state index is 0.0242. The number of hydrogen-bond acceptors (Lipinski definition) is 5. The molecule has 0 aromatic heterocycles. The summed E-state index contributed by atoms with van der Waals surface area (Å²) in [5, 5.41) is 0. The topological polar surface area (TPSA) is 96.0 Å². The third-order valence-electron chi connectivity index (χ3n) is 5.09. The minimum atomic E-state index is -3.40. The maximum atomic E-state index is 12.6. The highest BCUT2D eigenvalue weighted by Gasteiger charge is 2.34. The van der Waals surface area contributed by atoms with Crippen LogP contribution >= 0.6 is 0 Å². The Morgan fingerprint density at radius 3 is 2.45 bits per heavy atom. The lowest BCUT2D eigenvalue weighted by molar-refractivity contribution is -0.117. The number of sulfonamides is 1. The molecule has 0 aliphatic carbocycles. The van der Waals surface area contributed by atoms with Gasteiger partial charge in [0.05, 0.1) is 29.8 Å². The number of fused-ring (bicyclic) bond motifs is 1. The standard InChI is InChI=1S/C22H27N3O5S/c1-5-30-22(27)24-14-15(3)25(16(4)26)20-11-10-18(13-21(20)24)17-8-7-9-19(12-17)23-31(28,29)6-2/h7-13,15,23H,5-6,14H2,1-4H3/t15-/m0/s1. The number of ether oxygens (including phenoxy) is 1. The number of benzene rings is 2. The van der Waals surface area contributed by atoms with Crippen molar-refractivity contribution in [3.05, 3.63) is 42.5 Å². The smallest absolute Gasteiger partial charge is 0.414 e. The van der Waals surface area contributed by atoms with Gasteiger partial charge in [0.1, 0.15) is 0 Å². The molecule has 31 heavy (non-hydrogen) atoms. The van der Waals surface area contributed by atoms with Crippen molar-refractivity contribution in [1.82, 2.24) is 0 Å². The zero-order chi connectivity index (χ0) is 22.8. The van der Waals surface area contributed by atoms with Crippen molar-refractivity contribution < 1.29 is 22.7 Å². The fourth-order valence-electron chi connectivity index (χ4n) is 3.67. The molecule has 1 aliphatic rings. The van der Waals surface area contributed by atoms with Crippen molar-refractivity contribution in [2.75, 3.05) is 33.4 Å². The van der Waals surface area contributed by atoms with E-state index in [1.807, 2.05) is 25.1 Å². The summed E-state index contributed by atoms with van der Waals surface area (Å²) < 4.78 is 31.6. The second-order valence-electron chi connectivity index (χ2n) is 7.34. The normalized spacial score (nSPS) is 15.9. The van der Waals surface area contributed by atoms with Crippen molar-refractivity contribution in [3.8, 4) is 11.1 Å². The zero-order valence-electron chi connectivity index (χ0n) is 18.1. The van der Waals surface area contributed by atoms with Gasteiger partial charge in [-0.15, -0.1) is 0 Å². The first-order valence-corrected chi connectivity index (χ1v) is 11.8. The zero-order valence-corrected chi connectivity index (χ0v) is 18.9. The van der Waals surface area contributed by atoms with Crippen LogP contribution in [0.1, 0.15) is 27.7 Å². The third-order valence-corrected chi connectivity index (χ3v) is 6.40. The van der Waals surface area contributed by atoms with Gasteiger partial charge in [-0.3, -0.25) is 14.4 Å². The number of carbonyl (C=O) groups excluding carboxylic acids is 2. The summed E-state index contributed by atoms with van der Waals surface area (Å²) in [5.41, 5.74) is 3.22. The summed E-state index contributed by atoms with van der Waals surface area (Å²) in [6.45, 7) is 7.25. The van der Waals surface area contributed by atoms with E-state index >= 15 is 0 Å². The average Bonchev–Trinajstić information content (AvgIpc) is 2.72. The Morgan fingerprint density at radius 2 is 1.81 bits per heavy atom. The Labute approximate surface area is 182 Å². The lowest BCUT2D eigenvalue weighted by Crippen LogP contribution is -2.51. The second-order valence-corrected chi connectivity index (χ2v) is 9.35. The molecule has 2 amide bonds. The van der Waals surface area contributed by atoms with Crippen LogP contribution in [0.25, 0.3) is 11.1 Å². The predicted molar refractivity (Wildman–Crippen MR) is 122 cm³/mol. The maximum absolute atomic E-state index is 12.6. The molecule has 3 rings (SSSR count). The van der Waals surface area contributed by atoms with Crippen LogP contribution in [0.2, 0.25) is 0 Å². The molecule has 0 saturated carbocycles. The van der Waals surface area contributed by atoms with Crippen molar-refractivity contribution in [2.24, 2.45) is 0 Å². The molecule has 8 nitrogen and oxygen atoms in total. The molecule has 1 heterocycles. The van der Waals surface area contributed by atoms with Crippen LogP contribution < -0.4 is 14.5 Å². The molecule has 0 unspecified atom stereocenters.